The molecule has 0 unspecified atom stereocenters. The third-order valence-electron chi connectivity index (χ3n) is 7.26. The lowest BCUT2D eigenvalue weighted by Crippen LogP contribution is -2.57. The summed E-state index contributed by atoms with van der Waals surface area (Å²) in [6.07, 6.45) is 5.55. The van der Waals surface area contributed by atoms with Crippen molar-refractivity contribution in [2.45, 2.75) is 52.4 Å². The molecule has 1 saturated heterocycles. The second kappa shape index (κ2) is 8.92. The Morgan fingerprint density at radius 2 is 1.97 bits per heavy atom. The highest BCUT2D eigenvalue weighted by Crippen LogP contribution is 2.33. The smallest absolute Gasteiger partial charge is 0.252 e. The molecule has 4 aromatic rings. The van der Waals surface area contributed by atoms with Gasteiger partial charge in [-0.2, -0.15) is 5.10 Å². The zero-order valence-electron chi connectivity index (χ0n) is 21.1. The van der Waals surface area contributed by atoms with Gasteiger partial charge >= 0.3 is 0 Å². The second-order valence-corrected chi connectivity index (χ2v) is 9.78. The standard InChI is InChI=1S/C27H33N7O/c1-7-10-32-16-25-27(30-32)24(12-26(35)31(25)6)34-15-18(3)33(14-19(34)4)20(5)21-8-9-22-23(11-21)29-17(2)13-28-22/h7-9,11-13,16,18-20H,1,10,14-15H2,2-6H3/t18-,19+,20+/m1/s1. The van der Waals surface area contributed by atoms with Crippen molar-refractivity contribution in [3.8, 4) is 0 Å². The van der Waals surface area contributed by atoms with E-state index in [4.69, 9.17) is 5.10 Å². The van der Waals surface area contributed by atoms with E-state index in [0.29, 0.717) is 6.54 Å². The summed E-state index contributed by atoms with van der Waals surface area (Å²) < 4.78 is 3.51. The maximum absolute atomic E-state index is 12.8. The summed E-state index contributed by atoms with van der Waals surface area (Å²) in [5, 5.41) is 4.79. The molecule has 182 valence electrons. The summed E-state index contributed by atoms with van der Waals surface area (Å²) in [6, 6.07) is 8.87. The highest BCUT2D eigenvalue weighted by Gasteiger charge is 2.34. The van der Waals surface area contributed by atoms with Crippen LogP contribution in [-0.4, -0.2) is 54.4 Å². The molecule has 0 N–H and O–H groups in total. The van der Waals surface area contributed by atoms with Crippen molar-refractivity contribution in [2.75, 3.05) is 18.0 Å². The first kappa shape index (κ1) is 23.2. The zero-order chi connectivity index (χ0) is 24.9. The Hall–Kier alpha value is -3.52. The predicted octanol–water partition coefficient (Wildman–Crippen LogP) is 3.83. The van der Waals surface area contributed by atoms with Crippen LogP contribution in [0.15, 0.2) is 54.1 Å². The van der Waals surface area contributed by atoms with Crippen LogP contribution < -0.4 is 10.5 Å². The molecule has 0 amide bonds. The molecule has 4 heterocycles. The quantitative estimate of drug-likeness (QED) is 0.412. The Balaban J connectivity index is 1.45. The molecule has 3 atom stereocenters. The molecular weight excluding hydrogens is 438 g/mol. The highest BCUT2D eigenvalue weighted by atomic mass is 16.1. The fourth-order valence-electron chi connectivity index (χ4n) is 5.29. The molecular formula is C27H33N7O. The van der Waals surface area contributed by atoms with Gasteiger partial charge in [-0.3, -0.25) is 19.4 Å². The van der Waals surface area contributed by atoms with E-state index in [9.17, 15) is 4.79 Å². The van der Waals surface area contributed by atoms with Crippen LogP contribution in [0.25, 0.3) is 22.1 Å². The minimum absolute atomic E-state index is 0.0196. The van der Waals surface area contributed by atoms with Crippen LogP contribution in [0.1, 0.15) is 38.1 Å². The number of fused-ring (bicyclic) bond motifs is 2. The Morgan fingerprint density at radius 1 is 1.17 bits per heavy atom. The number of piperazine rings is 1. The molecule has 0 spiro atoms. The molecule has 0 bridgehead atoms. The van der Waals surface area contributed by atoms with E-state index in [1.54, 1.807) is 17.7 Å². The molecule has 0 saturated carbocycles. The van der Waals surface area contributed by atoms with E-state index >= 15 is 0 Å². The third kappa shape index (κ3) is 4.12. The Labute approximate surface area is 205 Å². The van der Waals surface area contributed by atoms with E-state index in [0.717, 1.165) is 46.5 Å². The molecule has 8 heteroatoms. The summed E-state index contributed by atoms with van der Waals surface area (Å²) in [5.41, 5.74) is 6.62. The predicted molar refractivity (Wildman–Crippen MR) is 141 cm³/mol. The van der Waals surface area contributed by atoms with E-state index in [2.05, 4.69) is 65.3 Å². The van der Waals surface area contributed by atoms with Crippen molar-refractivity contribution in [1.29, 1.82) is 0 Å². The van der Waals surface area contributed by atoms with Crippen LogP contribution in [0.4, 0.5) is 5.69 Å². The minimum atomic E-state index is -0.0196. The fourth-order valence-corrected chi connectivity index (χ4v) is 5.29. The SMILES string of the molecule is C=CCn1cc2c(n1)c(N1C[C@@H](C)N([C@@H](C)c3ccc4ncc(C)nc4c3)C[C@@H]1C)cc(=O)n2C. The van der Waals surface area contributed by atoms with Gasteiger partial charge in [-0.05, 0) is 45.4 Å². The normalized spacial score (nSPS) is 20.0. The van der Waals surface area contributed by atoms with Gasteiger partial charge in [-0.15, -0.1) is 6.58 Å². The maximum Gasteiger partial charge on any atom is 0.252 e. The summed E-state index contributed by atoms with van der Waals surface area (Å²) in [5.74, 6) is 0. The molecule has 1 fully saturated rings. The van der Waals surface area contributed by atoms with E-state index in [1.165, 1.54) is 5.56 Å². The first-order valence-electron chi connectivity index (χ1n) is 12.2. The lowest BCUT2D eigenvalue weighted by atomic mass is 9.99. The molecule has 0 radical (unpaired) electrons. The summed E-state index contributed by atoms with van der Waals surface area (Å²) in [4.78, 5) is 26.9. The lowest BCUT2D eigenvalue weighted by Gasteiger charge is -2.47. The van der Waals surface area contributed by atoms with Crippen LogP contribution in [-0.2, 0) is 13.6 Å². The Kier molecular flexibility index (Phi) is 5.92. The van der Waals surface area contributed by atoms with Crippen molar-refractivity contribution < 1.29 is 0 Å². The highest BCUT2D eigenvalue weighted by molar-refractivity contribution is 5.88. The van der Waals surface area contributed by atoms with Gasteiger partial charge in [-0.25, -0.2) is 4.98 Å². The van der Waals surface area contributed by atoms with Crippen molar-refractivity contribution in [3.05, 3.63) is 70.9 Å². The van der Waals surface area contributed by atoms with Crippen LogP contribution in [0.3, 0.4) is 0 Å². The van der Waals surface area contributed by atoms with Gasteiger partial charge in [0.15, 0.2) is 0 Å². The van der Waals surface area contributed by atoms with Gasteiger partial charge in [0.1, 0.15) is 5.52 Å². The Morgan fingerprint density at radius 3 is 2.74 bits per heavy atom. The number of aromatic nitrogens is 5. The molecule has 1 aliphatic heterocycles. The summed E-state index contributed by atoms with van der Waals surface area (Å²) in [6.45, 7) is 14.8. The number of hydrogen-bond donors (Lipinski definition) is 0. The lowest BCUT2D eigenvalue weighted by molar-refractivity contribution is 0.119. The van der Waals surface area contributed by atoms with Crippen molar-refractivity contribution in [3.63, 3.8) is 0 Å². The van der Waals surface area contributed by atoms with Crippen LogP contribution in [0, 0.1) is 6.92 Å². The molecule has 5 rings (SSSR count). The molecule has 3 aromatic heterocycles. The van der Waals surface area contributed by atoms with Crippen molar-refractivity contribution in [2.24, 2.45) is 7.05 Å². The zero-order valence-corrected chi connectivity index (χ0v) is 21.1. The number of pyridine rings is 1. The summed E-state index contributed by atoms with van der Waals surface area (Å²) >= 11 is 0. The number of anilines is 1. The van der Waals surface area contributed by atoms with Gasteiger partial charge in [0, 0.05) is 56.7 Å². The molecule has 8 nitrogen and oxygen atoms in total. The number of hydrogen-bond acceptors (Lipinski definition) is 6. The van der Waals surface area contributed by atoms with Crippen LogP contribution >= 0.6 is 0 Å². The summed E-state index contributed by atoms with van der Waals surface area (Å²) in [7, 11) is 1.80. The Bertz CT molecular complexity index is 1470. The van der Waals surface area contributed by atoms with E-state index < -0.39 is 0 Å². The third-order valence-corrected chi connectivity index (χ3v) is 7.26. The number of benzene rings is 1. The topological polar surface area (TPSA) is 72.1 Å². The number of rotatable bonds is 5. The fraction of sp³-hybridized carbons (Fsp3) is 0.407. The molecule has 35 heavy (non-hydrogen) atoms. The van der Waals surface area contributed by atoms with Gasteiger partial charge in [-0.1, -0.05) is 12.1 Å². The number of allylic oxidation sites excluding steroid dienone is 1. The molecule has 1 aliphatic rings. The minimum Gasteiger partial charge on any atom is -0.364 e. The van der Waals surface area contributed by atoms with Gasteiger partial charge in [0.05, 0.1) is 34.5 Å². The average Bonchev–Trinajstić information content (AvgIpc) is 3.26. The van der Waals surface area contributed by atoms with Crippen LogP contribution in [0.5, 0.6) is 0 Å². The van der Waals surface area contributed by atoms with Crippen LogP contribution in [0.2, 0.25) is 0 Å². The average molecular weight is 472 g/mol. The van der Waals surface area contributed by atoms with Gasteiger partial charge in [0.25, 0.3) is 5.56 Å². The monoisotopic (exact) mass is 471 g/mol. The van der Waals surface area contributed by atoms with Gasteiger partial charge < -0.3 is 9.47 Å². The van der Waals surface area contributed by atoms with Gasteiger partial charge in [0.2, 0.25) is 0 Å². The largest absolute Gasteiger partial charge is 0.364 e. The number of nitrogens with zero attached hydrogens (tertiary/aromatic N) is 7. The molecule has 0 aliphatic carbocycles. The van der Waals surface area contributed by atoms with Crippen molar-refractivity contribution in [1.82, 2.24) is 29.2 Å². The second-order valence-electron chi connectivity index (χ2n) is 9.78. The maximum atomic E-state index is 12.8. The van der Waals surface area contributed by atoms with E-state index in [-0.39, 0.29) is 23.7 Å². The first-order valence-corrected chi connectivity index (χ1v) is 12.2. The number of aryl methyl sites for hydroxylation is 2. The van der Waals surface area contributed by atoms with E-state index in [1.807, 2.05) is 30.1 Å². The molecule has 1 aromatic carbocycles. The first-order chi connectivity index (χ1) is 16.8. The van der Waals surface area contributed by atoms with Crippen molar-refractivity contribution >= 4 is 27.8 Å².